The Labute approximate surface area is 137 Å². The topological polar surface area (TPSA) is 34.1 Å². The Morgan fingerprint density at radius 1 is 1.26 bits per heavy atom. The van der Waals surface area contributed by atoms with Crippen molar-refractivity contribution in [3.63, 3.8) is 0 Å². The van der Waals surface area contributed by atoms with Crippen molar-refractivity contribution in [2.24, 2.45) is 0 Å². The lowest BCUT2D eigenvalue weighted by Crippen LogP contribution is -2.33. The van der Waals surface area contributed by atoms with Gasteiger partial charge in [0.2, 0.25) is 0 Å². The number of sulfone groups is 1. The van der Waals surface area contributed by atoms with Crippen molar-refractivity contribution in [3.05, 3.63) is 34.9 Å². The summed E-state index contributed by atoms with van der Waals surface area (Å²) in [7, 11) is -2.97. The molecule has 0 radical (unpaired) electrons. The summed E-state index contributed by atoms with van der Waals surface area (Å²) in [6.07, 6.45) is 0.569. The molecule has 0 amide bonds. The van der Waals surface area contributed by atoms with E-state index in [4.69, 9.17) is 11.6 Å². The lowest BCUT2D eigenvalue weighted by Gasteiger charge is -2.30. The fraction of sp³-hybridized carbons (Fsp3) is 0.538. The predicted molar refractivity (Wildman–Crippen MR) is 89.7 cm³/mol. The van der Waals surface area contributed by atoms with E-state index in [0.29, 0.717) is 22.1 Å². The minimum Gasteiger partial charge on any atom is -0.229 e. The smallest absolute Gasteiger partial charge is 0.150 e. The van der Waals surface area contributed by atoms with Crippen LogP contribution in [0.5, 0.6) is 0 Å². The third kappa shape index (κ3) is 4.73. The largest absolute Gasteiger partial charge is 0.229 e. The van der Waals surface area contributed by atoms with Crippen LogP contribution in [-0.4, -0.2) is 30.6 Å². The van der Waals surface area contributed by atoms with Crippen LogP contribution in [0.4, 0.5) is 0 Å². The maximum atomic E-state index is 11.7. The van der Waals surface area contributed by atoms with Crippen molar-refractivity contribution in [2.75, 3.05) is 22.2 Å². The second-order valence-electron chi connectivity index (χ2n) is 4.54. The van der Waals surface area contributed by atoms with E-state index in [0.717, 1.165) is 5.56 Å². The van der Waals surface area contributed by atoms with Crippen LogP contribution in [0.1, 0.15) is 18.9 Å². The lowest BCUT2D eigenvalue weighted by atomic mass is 9.82. The zero-order valence-electron chi connectivity index (χ0n) is 10.7. The number of rotatable bonds is 7. The van der Waals surface area contributed by atoms with Crippen molar-refractivity contribution in [2.45, 2.75) is 18.8 Å². The van der Waals surface area contributed by atoms with Crippen LogP contribution >= 0.6 is 43.5 Å². The minimum absolute atomic E-state index is 0.184. The van der Waals surface area contributed by atoms with Crippen LogP contribution in [0.3, 0.4) is 0 Å². The molecule has 2 nitrogen and oxygen atoms in total. The van der Waals surface area contributed by atoms with Gasteiger partial charge in [0, 0.05) is 26.9 Å². The normalized spacial score (nSPS) is 12.6. The monoisotopic (exact) mass is 430 g/mol. The number of benzene rings is 1. The zero-order valence-corrected chi connectivity index (χ0v) is 15.4. The molecular formula is C13H17Br2ClO2S. The van der Waals surface area contributed by atoms with Crippen LogP contribution < -0.4 is 0 Å². The molecule has 0 atom stereocenters. The number of alkyl halides is 2. The quantitative estimate of drug-likeness (QED) is 0.606. The molecule has 1 aromatic rings. The number of halogens is 3. The molecule has 6 heteroatoms. The van der Waals surface area contributed by atoms with Gasteiger partial charge in [-0.25, -0.2) is 8.42 Å². The molecule has 19 heavy (non-hydrogen) atoms. The molecular weight excluding hydrogens is 415 g/mol. The second-order valence-corrected chi connectivity index (χ2v) is 8.57. The van der Waals surface area contributed by atoms with Gasteiger partial charge in [0.15, 0.2) is 0 Å². The van der Waals surface area contributed by atoms with Gasteiger partial charge in [0.1, 0.15) is 9.84 Å². The van der Waals surface area contributed by atoms with Gasteiger partial charge in [-0.15, -0.1) is 0 Å². The highest BCUT2D eigenvalue weighted by atomic mass is 79.9. The molecule has 0 aliphatic heterocycles. The first-order valence-electron chi connectivity index (χ1n) is 5.97. The van der Waals surface area contributed by atoms with Crippen LogP contribution in [0, 0.1) is 0 Å². The molecule has 1 aromatic carbocycles. The van der Waals surface area contributed by atoms with Crippen LogP contribution in [-0.2, 0) is 15.3 Å². The zero-order chi connectivity index (χ0) is 14.5. The maximum absolute atomic E-state index is 11.7. The summed E-state index contributed by atoms with van der Waals surface area (Å²) in [4.78, 5) is 0. The average molecular weight is 433 g/mol. The average Bonchev–Trinajstić information content (AvgIpc) is 2.41. The van der Waals surface area contributed by atoms with E-state index in [1.54, 1.807) is 6.92 Å². The van der Waals surface area contributed by atoms with Gasteiger partial charge in [-0.1, -0.05) is 62.5 Å². The number of hydrogen-bond acceptors (Lipinski definition) is 2. The van der Waals surface area contributed by atoms with E-state index in [1.807, 2.05) is 24.3 Å². The van der Waals surface area contributed by atoms with Gasteiger partial charge in [0.05, 0.1) is 5.75 Å². The van der Waals surface area contributed by atoms with Crippen molar-refractivity contribution >= 4 is 53.3 Å². The Balaban J connectivity index is 3.04. The molecule has 0 aromatic heterocycles. The molecule has 0 spiro atoms. The Morgan fingerprint density at radius 2 is 1.89 bits per heavy atom. The van der Waals surface area contributed by atoms with Crippen molar-refractivity contribution < 1.29 is 8.42 Å². The lowest BCUT2D eigenvalue weighted by molar-refractivity contribution is 0.523. The maximum Gasteiger partial charge on any atom is 0.150 e. The fourth-order valence-electron chi connectivity index (χ4n) is 1.78. The van der Waals surface area contributed by atoms with E-state index < -0.39 is 9.84 Å². The Bertz CT molecular complexity index is 513. The van der Waals surface area contributed by atoms with E-state index in [2.05, 4.69) is 31.9 Å². The van der Waals surface area contributed by atoms with E-state index >= 15 is 0 Å². The summed E-state index contributed by atoms with van der Waals surface area (Å²) in [5.41, 5.74) is 0.799. The molecule has 0 fully saturated rings. The molecule has 0 unspecified atom stereocenters. The molecule has 0 saturated carbocycles. The van der Waals surface area contributed by atoms with Gasteiger partial charge in [-0.3, -0.25) is 0 Å². The summed E-state index contributed by atoms with van der Waals surface area (Å²) in [5, 5.41) is 2.04. The van der Waals surface area contributed by atoms with E-state index in [1.165, 1.54) is 0 Å². The number of hydrogen-bond donors (Lipinski definition) is 0. The van der Waals surface area contributed by atoms with Gasteiger partial charge >= 0.3 is 0 Å². The molecule has 0 saturated heterocycles. The Hall–Kier alpha value is 0.420. The van der Waals surface area contributed by atoms with Crippen LogP contribution in [0.15, 0.2) is 24.3 Å². The Kier molecular flexibility index (Phi) is 6.84. The first-order chi connectivity index (χ1) is 8.89. The van der Waals surface area contributed by atoms with E-state index in [-0.39, 0.29) is 16.9 Å². The summed E-state index contributed by atoms with van der Waals surface area (Å²) >= 11 is 13.1. The minimum atomic E-state index is -2.97. The molecule has 0 aliphatic carbocycles. The van der Waals surface area contributed by atoms with Crippen LogP contribution in [0.2, 0.25) is 5.02 Å². The summed E-state index contributed by atoms with van der Waals surface area (Å²) in [6, 6.07) is 7.61. The van der Waals surface area contributed by atoms with Gasteiger partial charge in [-0.2, -0.15) is 0 Å². The second kappa shape index (κ2) is 7.43. The summed E-state index contributed by atoms with van der Waals surface area (Å²) in [5.74, 6) is 0.371. The summed E-state index contributed by atoms with van der Waals surface area (Å²) in [6.45, 7) is 1.68. The van der Waals surface area contributed by atoms with Gasteiger partial charge < -0.3 is 0 Å². The summed E-state index contributed by atoms with van der Waals surface area (Å²) < 4.78 is 23.4. The first-order valence-corrected chi connectivity index (χ1v) is 10.4. The van der Waals surface area contributed by atoms with Crippen LogP contribution in [0.25, 0.3) is 0 Å². The standard InChI is InChI=1S/C13H17Br2ClO2S/c1-2-19(17,18)7-6-13(9-14,10-15)11-4-3-5-12(16)8-11/h3-5,8H,2,6-7,9-10H2,1H3. The Morgan fingerprint density at radius 3 is 2.37 bits per heavy atom. The van der Waals surface area contributed by atoms with Crippen molar-refractivity contribution in [3.8, 4) is 0 Å². The van der Waals surface area contributed by atoms with Gasteiger partial charge in [0.25, 0.3) is 0 Å². The molecule has 108 valence electrons. The highest BCUT2D eigenvalue weighted by Crippen LogP contribution is 2.34. The van der Waals surface area contributed by atoms with Gasteiger partial charge in [-0.05, 0) is 24.1 Å². The molecule has 0 aliphatic rings. The predicted octanol–water partition coefficient (Wildman–Crippen LogP) is 4.19. The molecule has 0 bridgehead atoms. The molecule has 0 N–H and O–H groups in total. The van der Waals surface area contributed by atoms with Crippen molar-refractivity contribution in [1.29, 1.82) is 0 Å². The SMILES string of the molecule is CCS(=O)(=O)CCC(CBr)(CBr)c1cccc(Cl)c1. The highest BCUT2D eigenvalue weighted by molar-refractivity contribution is 9.09. The fourth-order valence-corrected chi connectivity index (χ4v) is 5.10. The third-order valence-electron chi connectivity index (χ3n) is 3.28. The highest BCUT2D eigenvalue weighted by Gasteiger charge is 2.31. The van der Waals surface area contributed by atoms with Crippen molar-refractivity contribution in [1.82, 2.24) is 0 Å². The van der Waals surface area contributed by atoms with E-state index in [9.17, 15) is 8.42 Å². The third-order valence-corrected chi connectivity index (χ3v) is 7.37. The molecule has 0 heterocycles. The molecule has 1 rings (SSSR count). The first kappa shape index (κ1) is 17.5.